The summed E-state index contributed by atoms with van der Waals surface area (Å²) in [5, 5.41) is 8.30. The molecule has 160 valence electrons. The van der Waals surface area contributed by atoms with Gasteiger partial charge in [-0.25, -0.2) is 14.1 Å². The molecule has 1 atom stereocenters. The largest absolute Gasteiger partial charge is 0.345 e. The number of carbonyl (C=O) groups excluding carboxylic acids is 1. The van der Waals surface area contributed by atoms with Gasteiger partial charge in [0.05, 0.1) is 23.2 Å². The topological polar surface area (TPSA) is 59.8 Å². The molecule has 6 heteroatoms. The van der Waals surface area contributed by atoms with Crippen molar-refractivity contribution in [2.75, 3.05) is 0 Å². The molecule has 4 aromatic rings. The molecular formula is C26H23FN4O. The van der Waals surface area contributed by atoms with Crippen LogP contribution >= 0.6 is 0 Å². The molecule has 0 unspecified atom stereocenters. The Morgan fingerprint density at radius 1 is 1.06 bits per heavy atom. The highest BCUT2D eigenvalue weighted by Crippen LogP contribution is 2.40. The number of fused-ring (bicyclic) bond motifs is 2. The summed E-state index contributed by atoms with van der Waals surface area (Å²) in [5.74, 6) is -0.152. The Bertz CT molecular complexity index is 1340. The van der Waals surface area contributed by atoms with Crippen molar-refractivity contribution in [3.8, 4) is 5.69 Å². The molecule has 2 aromatic heterocycles. The summed E-state index contributed by atoms with van der Waals surface area (Å²) in [6.45, 7) is 0. The van der Waals surface area contributed by atoms with Crippen LogP contribution < -0.4 is 5.32 Å². The Hall–Kier alpha value is -3.54. The average Bonchev–Trinajstić information content (AvgIpc) is 3.59. The summed E-state index contributed by atoms with van der Waals surface area (Å²) in [6, 6.07) is 16.7. The molecule has 0 spiro atoms. The first kappa shape index (κ1) is 19.2. The van der Waals surface area contributed by atoms with Gasteiger partial charge in [0, 0.05) is 11.6 Å². The maximum Gasteiger partial charge on any atom is 0.252 e. The van der Waals surface area contributed by atoms with Crippen LogP contribution in [0, 0.1) is 5.82 Å². The number of benzene rings is 2. The van der Waals surface area contributed by atoms with Crippen LogP contribution in [0.1, 0.15) is 64.8 Å². The zero-order valence-electron chi connectivity index (χ0n) is 17.6. The summed E-state index contributed by atoms with van der Waals surface area (Å²) < 4.78 is 16.0. The molecule has 2 aliphatic rings. The van der Waals surface area contributed by atoms with Crippen molar-refractivity contribution in [1.29, 1.82) is 0 Å². The molecule has 32 heavy (non-hydrogen) atoms. The number of halogens is 1. The van der Waals surface area contributed by atoms with Gasteiger partial charge in [0.1, 0.15) is 11.5 Å². The number of aromatic nitrogens is 3. The summed E-state index contributed by atoms with van der Waals surface area (Å²) >= 11 is 0. The minimum atomic E-state index is -0.374. The first-order valence-corrected chi connectivity index (χ1v) is 11.2. The molecule has 2 heterocycles. The Labute approximate surface area is 185 Å². The minimum absolute atomic E-state index is 0.0124. The fraction of sp³-hybridized carbons (Fsp3) is 0.269. The fourth-order valence-electron chi connectivity index (χ4n) is 4.74. The van der Waals surface area contributed by atoms with E-state index in [9.17, 15) is 9.18 Å². The number of hydrogen-bond acceptors (Lipinski definition) is 3. The highest BCUT2D eigenvalue weighted by molar-refractivity contribution is 6.06. The number of nitrogens with zero attached hydrogens (tertiary/aromatic N) is 3. The van der Waals surface area contributed by atoms with Crippen LogP contribution in [0.2, 0.25) is 0 Å². The van der Waals surface area contributed by atoms with Gasteiger partial charge in [-0.2, -0.15) is 5.10 Å². The van der Waals surface area contributed by atoms with Crippen LogP contribution in [0.5, 0.6) is 0 Å². The Morgan fingerprint density at radius 3 is 2.72 bits per heavy atom. The van der Waals surface area contributed by atoms with Crippen molar-refractivity contribution in [2.24, 2.45) is 0 Å². The molecule has 5 nitrogen and oxygen atoms in total. The third kappa shape index (κ3) is 3.27. The number of hydrogen-bond donors (Lipinski definition) is 1. The van der Waals surface area contributed by atoms with Crippen molar-refractivity contribution < 1.29 is 9.18 Å². The molecule has 1 N–H and O–H groups in total. The van der Waals surface area contributed by atoms with Crippen molar-refractivity contribution in [2.45, 2.75) is 44.1 Å². The van der Waals surface area contributed by atoms with E-state index >= 15 is 0 Å². The average molecular weight is 426 g/mol. The van der Waals surface area contributed by atoms with Crippen LogP contribution in [-0.2, 0) is 6.42 Å². The van der Waals surface area contributed by atoms with Crippen molar-refractivity contribution >= 4 is 16.9 Å². The number of para-hydroxylation sites is 1. The Morgan fingerprint density at radius 2 is 1.88 bits per heavy atom. The van der Waals surface area contributed by atoms with Crippen molar-refractivity contribution in [3.63, 3.8) is 0 Å². The van der Waals surface area contributed by atoms with E-state index in [4.69, 9.17) is 4.98 Å². The first-order valence-electron chi connectivity index (χ1n) is 11.2. The molecule has 0 radical (unpaired) electrons. The highest BCUT2D eigenvalue weighted by atomic mass is 19.1. The molecule has 0 aliphatic heterocycles. The summed E-state index contributed by atoms with van der Waals surface area (Å²) in [5.41, 5.74) is 4.79. The SMILES string of the molecule is O=C(N[C@H]1CCCc2ccccc21)c1cc(C2CC2)nc2c1cnn2-c1ccccc1F. The number of rotatable bonds is 4. The van der Waals surface area contributed by atoms with E-state index in [1.807, 2.05) is 12.1 Å². The van der Waals surface area contributed by atoms with E-state index in [0.29, 0.717) is 28.2 Å². The predicted octanol–water partition coefficient (Wildman–Crippen LogP) is 5.24. The Kier molecular flexibility index (Phi) is 4.52. The lowest BCUT2D eigenvalue weighted by atomic mass is 9.87. The molecule has 0 saturated heterocycles. The van der Waals surface area contributed by atoms with E-state index < -0.39 is 0 Å². The van der Waals surface area contributed by atoms with Gasteiger partial charge in [0.15, 0.2) is 5.65 Å². The maximum atomic E-state index is 14.5. The van der Waals surface area contributed by atoms with Crippen LogP contribution in [-0.4, -0.2) is 20.7 Å². The van der Waals surface area contributed by atoms with Gasteiger partial charge in [-0.05, 0) is 61.4 Å². The van der Waals surface area contributed by atoms with Crippen LogP contribution in [0.4, 0.5) is 4.39 Å². The van der Waals surface area contributed by atoms with Gasteiger partial charge >= 0.3 is 0 Å². The standard InChI is InChI=1S/C26H23FN4O/c27-21-9-3-4-11-24(21)31-25-20(15-28-31)19(14-23(29-25)17-12-13-17)26(32)30-22-10-5-7-16-6-1-2-8-18(16)22/h1-4,6,8-9,11,14-15,17,22H,5,7,10,12-13H2,(H,30,32)/t22-/m0/s1. The number of pyridine rings is 1. The fourth-order valence-corrected chi connectivity index (χ4v) is 4.74. The Balaban J connectivity index is 1.43. The third-order valence-electron chi connectivity index (χ3n) is 6.56. The molecule has 2 aliphatic carbocycles. The normalized spacial score (nSPS) is 17.8. The lowest BCUT2D eigenvalue weighted by Gasteiger charge is -2.26. The smallest absolute Gasteiger partial charge is 0.252 e. The molecule has 1 saturated carbocycles. The molecule has 2 aromatic carbocycles. The summed E-state index contributed by atoms with van der Waals surface area (Å²) in [4.78, 5) is 18.3. The molecular weight excluding hydrogens is 403 g/mol. The van der Waals surface area contributed by atoms with Crippen LogP contribution in [0.3, 0.4) is 0 Å². The summed E-state index contributed by atoms with van der Waals surface area (Å²) in [7, 11) is 0. The van der Waals surface area contributed by atoms with Gasteiger partial charge in [-0.1, -0.05) is 36.4 Å². The second kappa shape index (κ2) is 7.55. The zero-order chi connectivity index (χ0) is 21.7. The van der Waals surface area contributed by atoms with E-state index in [-0.39, 0.29) is 17.8 Å². The lowest BCUT2D eigenvalue weighted by molar-refractivity contribution is 0.0934. The van der Waals surface area contributed by atoms with E-state index in [2.05, 4.69) is 28.6 Å². The third-order valence-corrected chi connectivity index (χ3v) is 6.56. The quantitative estimate of drug-likeness (QED) is 0.485. The molecule has 6 rings (SSSR count). The second-order valence-corrected chi connectivity index (χ2v) is 8.73. The van der Waals surface area contributed by atoms with E-state index in [1.165, 1.54) is 21.9 Å². The minimum Gasteiger partial charge on any atom is -0.345 e. The molecule has 1 amide bonds. The van der Waals surface area contributed by atoms with Gasteiger partial charge in [0.25, 0.3) is 5.91 Å². The lowest BCUT2D eigenvalue weighted by Crippen LogP contribution is -2.31. The van der Waals surface area contributed by atoms with Crippen LogP contribution in [0.15, 0.2) is 60.8 Å². The van der Waals surface area contributed by atoms with Crippen molar-refractivity contribution in [1.82, 2.24) is 20.1 Å². The number of aryl methyl sites for hydroxylation is 1. The maximum absolute atomic E-state index is 14.5. The van der Waals surface area contributed by atoms with Gasteiger partial charge in [0.2, 0.25) is 0 Å². The number of nitrogens with one attached hydrogen (secondary N) is 1. The zero-order valence-corrected chi connectivity index (χ0v) is 17.6. The predicted molar refractivity (Wildman–Crippen MR) is 120 cm³/mol. The number of amides is 1. The van der Waals surface area contributed by atoms with E-state index in [0.717, 1.165) is 37.8 Å². The molecule has 0 bridgehead atoms. The van der Waals surface area contributed by atoms with Crippen molar-refractivity contribution in [3.05, 3.63) is 89.0 Å². The highest BCUT2D eigenvalue weighted by Gasteiger charge is 2.29. The monoisotopic (exact) mass is 426 g/mol. The van der Waals surface area contributed by atoms with Crippen LogP contribution in [0.25, 0.3) is 16.7 Å². The van der Waals surface area contributed by atoms with Gasteiger partial charge in [-0.3, -0.25) is 4.79 Å². The summed E-state index contributed by atoms with van der Waals surface area (Å²) in [6.07, 6.45) is 6.75. The second-order valence-electron chi connectivity index (χ2n) is 8.73. The number of carbonyl (C=O) groups is 1. The van der Waals surface area contributed by atoms with Gasteiger partial charge in [-0.15, -0.1) is 0 Å². The van der Waals surface area contributed by atoms with E-state index in [1.54, 1.807) is 24.4 Å². The van der Waals surface area contributed by atoms with Gasteiger partial charge < -0.3 is 5.32 Å². The first-order chi connectivity index (χ1) is 15.7. The molecule has 1 fully saturated rings.